The lowest BCUT2D eigenvalue weighted by atomic mass is 10.2. The number of likely N-dealkylation sites (N-methyl/N-ethyl adjacent to an activating group) is 1. The second-order valence-corrected chi connectivity index (χ2v) is 9.19. The Morgan fingerprint density at radius 1 is 1.42 bits per heavy atom. The maximum Gasteiger partial charge on any atom is 0.217 e. The molecular weight excluding hydrogens is 294 g/mol. The molecule has 1 saturated heterocycles. The number of hydrogen-bond donors (Lipinski definition) is 2. The lowest BCUT2D eigenvalue weighted by Crippen LogP contribution is -2.48. The van der Waals surface area contributed by atoms with Gasteiger partial charge in [0.15, 0.2) is 5.84 Å². The molecule has 0 aromatic carbocycles. The summed E-state index contributed by atoms with van der Waals surface area (Å²) in [6.45, 7) is 1.49. The Morgan fingerprint density at radius 3 is 2.32 bits per heavy atom. The molecule has 0 spiro atoms. The van der Waals surface area contributed by atoms with E-state index in [4.69, 9.17) is 10.9 Å². The highest BCUT2D eigenvalue weighted by molar-refractivity contribution is 7.92. The fraction of sp³-hybridized carbons (Fsp3) is 0.889. The van der Waals surface area contributed by atoms with Crippen molar-refractivity contribution in [2.24, 2.45) is 10.9 Å². The fourth-order valence-corrected chi connectivity index (χ4v) is 5.53. The Bertz CT molecular complexity index is 540. The minimum Gasteiger partial charge on any atom is -0.409 e. The monoisotopic (exact) mass is 313 g/mol. The van der Waals surface area contributed by atoms with Crippen LogP contribution >= 0.6 is 0 Å². The van der Waals surface area contributed by atoms with Crippen LogP contribution in [-0.4, -0.2) is 62.0 Å². The van der Waals surface area contributed by atoms with Crippen molar-refractivity contribution >= 4 is 25.7 Å². The van der Waals surface area contributed by atoms with Crippen molar-refractivity contribution in [2.45, 2.75) is 31.1 Å². The van der Waals surface area contributed by atoms with Crippen LogP contribution in [0.5, 0.6) is 0 Å². The van der Waals surface area contributed by atoms with Crippen LogP contribution in [0.2, 0.25) is 0 Å². The van der Waals surface area contributed by atoms with Gasteiger partial charge in [-0.15, -0.1) is 0 Å². The molecule has 3 N–H and O–H groups in total. The predicted molar refractivity (Wildman–Crippen MR) is 71.2 cm³/mol. The molecular formula is C9H19N3O5S2. The van der Waals surface area contributed by atoms with Gasteiger partial charge in [0.1, 0.15) is 9.84 Å². The summed E-state index contributed by atoms with van der Waals surface area (Å²) in [7, 11) is -5.45. The first-order chi connectivity index (χ1) is 8.62. The van der Waals surface area contributed by atoms with E-state index in [1.165, 1.54) is 14.0 Å². The van der Waals surface area contributed by atoms with E-state index in [0.29, 0.717) is 0 Å². The zero-order valence-corrected chi connectivity index (χ0v) is 12.5. The highest BCUT2D eigenvalue weighted by atomic mass is 32.2. The summed E-state index contributed by atoms with van der Waals surface area (Å²) in [6.07, 6.45) is 0.162. The summed E-state index contributed by atoms with van der Waals surface area (Å²) in [5.41, 5.74) is 5.38. The van der Waals surface area contributed by atoms with E-state index in [1.807, 2.05) is 0 Å². The van der Waals surface area contributed by atoms with Crippen molar-refractivity contribution in [3.63, 3.8) is 0 Å². The summed E-state index contributed by atoms with van der Waals surface area (Å²) in [5, 5.41) is 10.6. The number of nitrogens with two attached hydrogens (primary N) is 1. The third-order valence-electron chi connectivity index (χ3n) is 3.41. The van der Waals surface area contributed by atoms with E-state index in [9.17, 15) is 16.8 Å². The molecule has 0 saturated carbocycles. The highest BCUT2D eigenvalue weighted by Crippen LogP contribution is 2.22. The molecule has 1 atom stereocenters. The van der Waals surface area contributed by atoms with Crippen LogP contribution < -0.4 is 5.73 Å². The van der Waals surface area contributed by atoms with Crippen LogP contribution in [0, 0.1) is 0 Å². The smallest absolute Gasteiger partial charge is 0.217 e. The normalized spacial score (nSPS) is 23.4. The zero-order chi connectivity index (χ0) is 14.8. The van der Waals surface area contributed by atoms with Gasteiger partial charge in [0, 0.05) is 7.05 Å². The second kappa shape index (κ2) is 5.63. The number of amidine groups is 1. The van der Waals surface area contributed by atoms with E-state index >= 15 is 0 Å². The SMILES string of the molecule is CC(C(N)=NO)N(C)S(=O)(=O)C1CCS(=O)(=O)CC1. The molecule has 0 amide bonds. The summed E-state index contributed by atoms with van der Waals surface area (Å²) in [4.78, 5) is 0. The van der Waals surface area contributed by atoms with E-state index in [0.717, 1.165) is 4.31 Å². The second-order valence-electron chi connectivity index (χ2n) is 4.61. The predicted octanol–water partition coefficient (Wildman–Crippen LogP) is -1.04. The summed E-state index contributed by atoms with van der Waals surface area (Å²) >= 11 is 0. The lowest BCUT2D eigenvalue weighted by molar-refractivity contribution is 0.311. The number of oxime groups is 1. The van der Waals surface area contributed by atoms with E-state index in [-0.39, 0.29) is 30.2 Å². The number of hydrogen-bond acceptors (Lipinski definition) is 6. The average Bonchev–Trinajstić information content (AvgIpc) is 2.35. The molecule has 10 heteroatoms. The van der Waals surface area contributed by atoms with Crippen molar-refractivity contribution in [1.82, 2.24) is 4.31 Å². The van der Waals surface area contributed by atoms with Gasteiger partial charge in [-0.05, 0) is 19.8 Å². The maximum atomic E-state index is 12.3. The first-order valence-electron chi connectivity index (χ1n) is 5.76. The van der Waals surface area contributed by atoms with Crippen LogP contribution in [0.15, 0.2) is 5.16 Å². The van der Waals surface area contributed by atoms with Gasteiger partial charge in [0.05, 0.1) is 22.8 Å². The fourth-order valence-electron chi connectivity index (χ4n) is 1.89. The standard InChI is InChI=1S/C9H19N3O5S2/c1-7(9(10)11-13)12(2)19(16,17)8-3-5-18(14,15)6-4-8/h7-8,13H,3-6H2,1-2H3,(H2,10,11). The van der Waals surface area contributed by atoms with Crippen molar-refractivity contribution in [3.05, 3.63) is 0 Å². The molecule has 1 fully saturated rings. The van der Waals surface area contributed by atoms with E-state index < -0.39 is 31.2 Å². The molecule has 0 radical (unpaired) electrons. The van der Waals surface area contributed by atoms with Crippen molar-refractivity contribution in [2.75, 3.05) is 18.6 Å². The number of nitrogens with zero attached hydrogens (tertiary/aromatic N) is 2. The van der Waals surface area contributed by atoms with Gasteiger partial charge in [-0.25, -0.2) is 16.8 Å². The quantitative estimate of drug-likeness (QED) is 0.295. The van der Waals surface area contributed by atoms with Gasteiger partial charge in [0.2, 0.25) is 10.0 Å². The molecule has 0 aromatic heterocycles. The minimum absolute atomic E-state index is 0.0812. The Balaban J connectivity index is 2.87. The molecule has 8 nitrogen and oxygen atoms in total. The van der Waals surface area contributed by atoms with Crippen molar-refractivity contribution in [1.29, 1.82) is 0 Å². The Kier molecular flexibility index (Phi) is 4.80. The molecule has 0 aliphatic carbocycles. The van der Waals surface area contributed by atoms with Gasteiger partial charge in [-0.2, -0.15) is 4.31 Å². The van der Waals surface area contributed by atoms with Gasteiger partial charge in [-0.1, -0.05) is 5.16 Å². The van der Waals surface area contributed by atoms with Gasteiger partial charge < -0.3 is 10.9 Å². The Hall–Kier alpha value is -0.870. The molecule has 1 aliphatic rings. The average molecular weight is 313 g/mol. The summed E-state index contributed by atoms with van der Waals surface area (Å²) in [6, 6.07) is -0.784. The Morgan fingerprint density at radius 2 is 1.89 bits per heavy atom. The minimum atomic E-state index is -3.67. The molecule has 1 unspecified atom stereocenters. The molecule has 1 aliphatic heterocycles. The van der Waals surface area contributed by atoms with E-state index in [2.05, 4.69) is 5.16 Å². The van der Waals surface area contributed by atoms with Gasteiger partial charge in [0.25, 0.3) is 0 Å². The topological polar surface area (TPSA) is 130 Å². The Labute approximate surface area is 113 Å². The molecule has 0 bridgehead atoms. The van der Waals surface area contributed by atoms with Crippen LogP contribution in [-0.2, 0) is 19.9 Å². The number of sulfone groups is 1. The van der Waals surface area contributed by atoms with E-state index in [1.54, 1.807) is 0 Å². The van der Waals surface area contributed by atoms with Gasteiger partial charge >= 0.3 is 0 Å². The first kappa shape index (κ1) is 16.2. The van der Waals surface area contributed by atoms with Crippen molar-refractivity contribution < 1.29 is 22.0 Å². The van der Waals surface area contributed by atoms with Crippen LogP contribution in [0.25, 0.3) is 0 Å². The van der Waals surface area contributed by atoms with Crippen LogP contribution in [0.3, 0.4) is 0 Å². The molecule has 1 heterocycles. The third kappa shape index (κ3) is 3.57. The van der Waals surface area contributed by atoms with Crippen molar-refractivity contribution in [3.8, 4) is 0 Å². The largest absolute Gasteiger partial charge is 0.409 e. The summed E-state index contributed by atoms with van der Waals surface area (Å²) < 4.78 is 48.2. The maximum absolute atomic E-state index is 12.3. The third-order valence-corrected chi connectivity index (χ3v) is 7.56. The first-order valence-corrected chi connectivity index (χ1v) is 9.09. The number of sulfonamides is 1. The molecule has 1 rings (SSSR count). The lowest BCUT2D eigenvalue weighted by Gasteiger charge is -2.30. The van der Waals surface area contributed by atoms with Gasteiger partial charge in [-0.3, -0.25) is 0 Å². The molecule has 19 heavy (non-hydrogen) atoms. The highest BCUT2D eigenvalue weighted by Gasteiger charge is 2.37. The summed E-state index contributed by atoms with van der Waals surface area (Å²) in [5.74, 6) is -0.458. The number of rotatable bonds is 4. The molecule has 0 aromatic rings. The molecule has 112 valence electrons. The zero-order valence-electron chi connectivity index (χ0n) is 10.9. The van der Waals surface area contributed by atoms with Crippen LogP contribution in [0.4, 0.5) is 0 Å². The van der Waals surface area contributed by atoms with Crippen LogP contribution in [0.1, 0.15) is 19.8 Å².